The van der Waals surface area contributed by atoms with Gasteiger partial charge in [0.1, 0.15) is 4.90 Å². The standard InChI is InChI=1S/C17H25N3O4S/c1-4-16(21)20-11-7-8-13(12-20)17(22)18-14-9-5-6-10-15(14)25(23,24)19(2)3/h5-6,9-10,13H,4,7-8,11-12H2,1-3H3,(H,18,22). The van der Waals surface area contributed by atoms with Gasteiger partial charge in [0.15, 0.2) is 0 Å². The molecule has 1 fully saturated rings. The highest BCUT2D eigenvalue weighted by molar-refractivity contribution is 7.89. The van der Waals surface area contributed by atoms with E-state index in [2.05, 4.69) is 5.32 Å². The van der Waals surface area contributed by atoms with Gasteiger partial charge in [0.2, 0.25) is 21.8 Å². The fraction of sp³-hybridized carbons (Fsp3) is 0.529. The van der Waals surface area contributed by atoms with Crippen molar-refractivity contribution in [3.8, 4) is 0 Å². The molecule has 1 atom stereocenters. The first-order valence-corrected chi connectivity index (χ1v) is 9.81. The van der Waals surface area contributed by atoms with Crippen LogP contribution >= 0.6 is 0 Å². The predicted octanol–water partition coefficient (Wildman–Crippen LogP) is 1.52. The van der Waals surface area contributed by atoms with Gasteiger partial charge in [-0.05, 0) is 25.0 Å². The van der Waals surface area contributed by atoms with E-state index in [4.69, 9.17) is 0 Å². The zero-order valence-electron chi connectivity index (χ0n) is 14.9. The van der Waals surface area contributed by atoms with E-state index in [1.54, 1.807) is 30.0 Å². The van der Waals surface area contributed by atoms with Crippen molar-refractivity contribution in [1.29, 1.82) is 0 Å². The molecular formula is C17H25N3O4S. The molecule has 25 heavy (non-hydrogen) atoms. The van der Waals surface area contributed by atoms with Crippen LogP contribution in [0.5, 0.6) is 0 Å². The van der Waals surface area contributed by atoms with Crippen molar-refractivity contribution in [1.82, 2.24) is 9.21 Å². The highest BCUT2D eigenvalue weighted by atomic mass is 32.2. The van der Waals surface area contributed by atoms with Crippen molar-refractivity contribution in [3.63, 3.8) is 0 Å². The van der Waals surface area contributed by atoms with Crippen LogP contribution in [0.4, 0.5) is 5.69 Å². The molecule has 0 aromatic heterocycles. The lowest BCUT2D eigenvalue weighted by Gasteiger charge is -2.32. The Morgan fingerprint density at radius 3 is 2.60 bits per heavy atom. The zero-order chi connectivity index (χ0) is 18.6. The van der Waals surface area contributed by atoms with Crippen molar-refractivity contribution >= 4 is 27.5 Å². The Labute approximate surface area is 149 Å². The Bertz CT molecular complexity index is 746. The molecule has 2 rings (SSSR count). The number of benzene rings is 1. The summed E-state index contributed by atoms with van der Waals surface area (Å²) in [7, 11) is -0.763. The van der Waals surface area contributed by atoms with E-state index in [-0.39, 0.29) is 28.3 Å². The van der Waals surface area contributed by atoms with Crippen LogP contribution in [0.25, 0.3) is 0 Å². The Kier molecular flexibility index (Phi) is 6.18. The van der Waals surface area contributed by atoms with Gasteiger partial charge in [-0.15, -0.1) is 0 Å². The van der Waals surface area contributed by atoms with Crippen molar-refractivity contribution in [2.24, 2.45) is 5.92 Å². The molecule has 0 bridgehead atoms. The molecule has 1 aliphatic rings. The van der Waals surface area contributed by atoms with Crippen molar-refractivity contribution in [2.45, 2.75) is 31.1 Å². The molecule has 1 saturated heterocycles. The van der Waals surface area contributed by atoms with Crippen LogP contribution in [-0.4, -0.2) is 56.6 Å². The quantitative estimate of drug-likeness (QED) is 0.855. The molecule has 8 heteroatoms. The zero-order valence-corrected chi connectivity index (χ0v) is 15.7. The second kappa shape index (κ2) is 7.97. The fourth-order valence-electron chi connectivity index (χ4n) is 2.87. The number of sulfonamides is 1. The third kappa shape index (κ3) is 4.38. The molecule has 0 spiro atoms. The summed E-state index contributed by atoms with van der Waals surface area (Å²) in [5.41, 5.74) is 0.264. The number of nitrogens with one attached hydrogen (secondary N) is 1. The highest BCUT2D eigenvalue weighted by Crippen LogP contribution is 2.25. The molecule has 1 heterocycles. The molecule has 1 aliphatic heterocycles. The summed E-state index contributed by atoms with van der Waals surface area (Å²) in [5.74, 6) is -0.553. The van der Waals surface area contributed by atoms with Gasteiger partial charge in [0, 0.05) is 33.6 Å². The average molecular weight is 367 g/mol. The smallest absolute Gasteiger partial charge is 0.244 e. The minimum atomic E-state index is -3.66. The lowest BCUT2D eigenvalue weighted by atomic mass is 9.96. The fourth-order valence-corrected chi connectivity index (χ4v) is 3.91. The van der Waals surface area contributed by atoms with Gasteiger partial charge in [-0.25, -0.2) is 12.7 Å². The van der Waals surface area contributed by atoms with Crippen LogP contribution in [0.1, 0.15) is 26.2 Å². The van der Waals surface area contributed by atoms with Crippen LogP contribution in [0, 0.1) is 5.92 Å². The number of carbonyl (C=O) groups is 2. The van der Waals surface area contributed by atoms with Crippen molar-refractivity contribution < 1.29 is 18.0 Å². The number of likely N-dealkylation sites (tertiary alicyclic amines) is 1. The van der Waals surface area contributed by atoms with E-state index in [1.165, 1.54) is 20.2 Å². The minimum Gasteiger partial charge on any atom is -0.342 e. The van der Waals surface area contributed by atoms with Gasteiger partial charge in [0.05, 0.1) is 11.6 Å². The Morgan fingerprint density at radius 1 is 1.28 bits per heavy atom. The van der Waals surface area contributed by atoms with Gasteiger partial charge in [-0.2, -0.15) is 0 Å². The number of rotatable bonds is 5. The van der Waals surface area contributed by atoms with Crippen molar-refractivity contribution in [2.75, 3.05) is 32.5 Å². The third-order valence-electron chi connectivity index (χ3n) is 4.35. The Hall–Kier alpha value is -1.93. The maximum Gasteiger partial charge on any atom is 0.244 e. The van der Waals surface area contributed by atoms with Crippen LogP contribution < -0.4 is 5.32 Å². The van der Waals surface area contributed by atoms with Crippen LogP contribution in [0.3, 0.4) is 0 Å². The maximum atomic E-state index is 12.6. The first-order chi connectivity index (χ1) is 11.8. The second-order valence-corrected chi connectivity index (χ2v) is 8.43. The lowest BCUT2D eigenvalue weighted by Crippen LogP contribution is -2.43. The highest BCUT2D eigenvalue weighted by Gasteiger charge is 2.29. The number of piperidine rings is 1. The SMILES string of the molecule is CCC(=O)N1CCCC(C(=O)Nc2ccccc2S(=O)(=O)N(C)C)C1. The molecule has 0 saturated carbocycles. The molecule has 1 N–H and O–H groups in total. The Morgan fingerprint density at radius 2 is 1.96 bits per heavy atom. The first-order valence-electron chi connectivity index (χ1n) is 8.37. The first kappa shape index (κ1) is 19.4. The van der Waals surface area contributed by atoms with E-state index < -0.39 is 10.0 Å². The molecule has 7 nitrogen and oxygen atoms in total. The number of anilines is 1. The third-order valence-corrected chi connectivity index (χ3v) is 6.22. The lowest BCUT2D eigenvalue weighted by molar-refractivity contribution is -0.134. The summed E-state index contributed by atoms with van der Waals surface area (Å²) in [6, 6.07) is 6.34. The molecule has 1 unspecified atom stereocenters. The largest absolute Gasteiger partial charge is 0.342 e. The van der Waals surface area contributed by atoms with E-state index in [9.17, 15) is 18.0 Å². The number of para-hydroxylation sites is 1. The number of amides is 2. The van der Waals surface area contributed by atoms with E-state index in [1.807, 2.05) is 0 Å². The predicted molar refractivity (Wildman–Crippen MR) is 95.5 cm³/mol. The second-order valence-electron chi connectivity index (χ2n) is 6.31. The average Bonchev–Trinajstić information content (AvgIpc) is 2.61. The van der Waals surface area contributed by atoms with Crippen molar-refractivity contribution in [3.05, 3.63) is 24.3 Å². The van der Waals surface area contributed by atoms with E-state index >= 15 is 0 Å². The summed E-state index contributed by atoms with van der Waals surface area (Å²) in [6.45, 7) is 2.84. The Balaban J connectivity index is 2.18. The summed E-state index contributed by atoms with van der Waals surface area (Å²) in [6.07, 6.45) is 1.86. The number of nitrogens with zero attached hydrogens (tertiary/aromatic N) is 2. The van der Waals surface area contributed by atoms with Gasteiger partial charge >= 0.3 is 0 Å². The monoisotopic (exact) mass is 367 g/mol. The van der Waals surface area contributed by atoms with E-state index in [0.717, 1.165) is 10.7 Å². The van der Waals surface area contributed by atoms with E-state index in [0.29, 0.717) is 25.9 Å². The number of hydrogen-bond donors (Lipinski definition) is 1. The topological polar surface area (TPSA) is 86.8 Å². The number of hydrogen-bond acceptors (Lipinski definition) is 4. The maximum absolute atomic E-state index is 12.6. The summed E-state index contributed by atoms with van der Waals surface area (Å²) in [5, 5.41) is 2.74. The molecule has 0 aliphatic carbocycles. The summed E-state index contributed by atoms with van der Waals surface area (Å²) < 4.78 is 25.9. The summed E-state index contributed by atoms with van der Waals surface area (Å²) >= 11 is 0. The van der Waals surface area contributed by atoms with Crippen LogP contribution in [0.15, 0.2) is 29.2 Å². The minimum absolute atomic E-state index is 0.0353. The molecule has 2 amide bonds. The molecule has 0 radical (unpaired) electrons. The normalized spacial score (nSPS) is 18.2. The molecular weight excluding hydrogens is 342 g/mol. The number of carbonyl (C=O) groups excluding carboxylic acids is 2. The van der Waals surface area contributed by atoms with Crippen LogP contribution in [-0.2, 0) is 19.6 Å². The molecule has 1 aromatic carbocycles. The molecule has 1 aromatic rings. The van der Waals surface area contributed by atoms with Gasteiger partial charge < -0.3 is 10.2 Å². The van der Waals surface area contributed by atoms with Crippen LogP contribution in [0.2, 0.25) is 0 Å². The summed E-state index contributed by atoms with van der Waals surface area (Å²) in [4.78, 5) is 26.2. The van der Waals surface area contributed by atoms with Gasteiger partial charge in [-0.1, -0.05) is 19.1 Å². The molecule has 138 valence electrons. The van der Waals surface area contributed by atoms with Gasteiger partial charge in [0.25, 0.3) is 0 Å². The van der Waals surface area contributed by atoms with Gasteiger partial charge in [-0.3, -0.25) is 9.59 Å².